The first-order chi connectivity index (χ1) is 12.2. The number of fused-ring (bicyclic) bond motifs is 1. The lowest BCUT2D eigenvalue weighted by Gasteiger charge is -2.16. The van der Waals surface area contributed by atoms with Gasteiger partial charge in [-0.2, -0.15) is 0 Å². The first kappa shape index (κ1) is 15.5. The van der Waals surface area contributed by atoms with E-state index in [9.17, 15) is 5.11 Å². The summed E-state index contributed by atoms with van der Waals surface area (Å²) in [4.78, 5) is 6.45. The Labute approximate surface area is 148 Å². The van der Waals surface area contributed by atoms with E-state index >= 15 is 0 Å². The molecule has 6 nitrogen and oxygen atoms in total. The van der Waals surface area contributed by atoms with E-state index in [1.165, 1.54) is 7.11 Å². The molecule has 0 unspecified atom stereocenters. The van der Waals surface area contributed by atoms with Crippen LogP contribution in [0.4, 0.5) is 10.8 Å². The number of phenols is 1. The second kappa shape index (κ2) is 6.10. The number of aromatic nitrogens is 3. The number of nitrogens with zero attached hydrogens (tertiary/aromatic N) is 4. The minimum atomic E-state index is 0.103. The maximum absolute atomic E-state index is 9.80. The third-order valence-electron chi connectivity index (χ3n) is 4.00. The molecule has 0 spiro atoms. The van der Waals surface area contributed by atoms with Gasteiger partial charge in [-0.05, 0) is 47.8 Å². The molecule has 4 aromatic rings. The third-order valence-corrected chi connectivity index (χ3v) is 4.95. The van der Waals surface area contributed by atoms with Crippen LogP contribution in [0.5, 0.6) is 11.5 Å². The zero-order chi connectivity index (χ0) is 17.4. The Morgan fingerprint density at radius 3 is 2.84 bits per heavy atom. The molecule has 0 atom stereocenters. The molecule has 0 bridgehead atoms. The van der Waals surface area contributed by atoms with Gasteiger partial charge in [0.05, 0.1) is 24.0 Å². The molecular formula is C18H16N4O2S. The van der Waals surface area contributed by atoms with Gasteiger partial charge in [0.25, 0.3) is 0 Å². The van der Waals surface area contributed by atoms with Crippen LogP contribution in [0.15, 0.2) is 54.0 Å². The number of imidazole rings is 1. The molecule has 0 aliphatic heterocycles. The average molecular weight is 352 g/mol. The van der Waals surface area contributed by atoms with E-state index in [0.29, 0.717) is 5.75 Å². The molecule has 0 saturated carbocycles. The number of phenolic OH excluding ortho intramolecular Hbond substituents is 1. The van der Waals surface area contributed by atoms with Gasteiger partial charge in [-0.15, -0.1) is 16.4 Å². The van der Waals surface area contributed by atoms with Gasteiger partial charge in [-0.25, -0.2) is 9.50 Å². The van der Waals surface area contributed by atoms with Crippen LogP contribution in [-0.4, -0.2) is 33.9 Å². The number of hydrogen-bond acceptors (Lipinski definition) is 6. The molecular weight excluding hydrogens is 336 g/mol. The SMILES string of the molecule is COc1cc(-c2cnc3ccc(N(C)c4cccs4)nn23)ccc1O. The summed E-state index contributed by atoms with van der Waals surface area (Å²) in [6.07, 6.45) is 1.77. The molecule has 0 aliphatic rings. The highest BCUT2D eigenvalue weighted by molar-refractivity contribution is 7.14. The zero-order valence-electron chi connectivity index (χ0n) is 13.7. The first-order valence-corrected chi connectivity index (χ1v) is 8.55. The molecule has 4 rings (SSSR count). The molecule has 1 N–H and O–H groups in total. The van der Waals surface area contributed by atoms with Gasteiger partial charge in [0.15, 0.2) is 23.0 Å². The summed E-state index contributed by atoms with van der Waals surface area (Å²) in [6.45, 7) is 0. The number of aromatic hydroxyl groups is 1. The van der Waals surface area contributed by atoms with E-state index in [4.69, 9.17) is 9.84 Å². The fourth-order valence-corrected chi connectivity index (χ4v) is 3.36. The van der Waals surface area contributed by atoms with Crippen molar-refractivity contribution in [3.63, 3.8) is 0 Å². The van der Waals surface area contributed by atoms with E-state index in [1.807, 2.05) is 41.6 Å². The number of ether oxygens (including phenoxy) is 1. The highest BCUT2D eigenvalue weighted by atomic mass is 32.1. The van der Waals surface area contributed by atoms with Gasteiger partial charge >= 0.3 is 0 Å². The zero-order valence-corrected chi connectivity index (χ0v) is 14.6. The number of anilines is 2. The molecule has 0 radical (unpaired) electrons. The summed E-state index contributed by atoms with van der Waals surface area (Å²) in [5, 5.41) is 17.7. The van der Waals surface area contributed by atoms with Gasteiger partial charge in [0.2, 0.25) is 0 Å². The van der Waals surface area contributed by atoms with Crippen LogP contribution in [0.25, 0.3) is 16.9 Å². The molecule has 126 valence electrons. The van der Waals surface area contributed by atoms with Crippen molar-refractivity contribution in [1.29, 1.82) is 0 Å². The van der Waals surface area contributed by atoms with E-state index in [-0.39, 0.29) is 5.75 Å². The van der Waals surface area contributed by atoms with Crippen LogP contribution < -0.4 is 9.64 Å². The molecule has 0 aliphatic carbocycles. The average Bonchev–Trinajstić information content (AvgIpc) is 3.31. The summed E-state index contributed by atoms with van der Waals surface area (Å²) in [5.74, 6) is 1.34. The van der Waals surface area contributed by atoms with Crippen molar-refractivity contribution < 1.29 is 9.84 Å². The van der Waals surface area contributed by atoms with Crippen molar-refractivity contribution in [3.05, 3.63) is 54.0 Å². The number of thiophene rings is 1. The third kappa shape index (κ3) is 2.68. The van der Waals surface area contributed by atoms with Crippen LogP contribution in [0.2, 0.25) is 0 Å². The maximum atomic E-state index is 9.80. The number of rotatable bonds is 4. The number of hydrogen-bond donors (Lipinski definition) is 1. The Morgan fingerprint density at radius 1 is 1.20 bits per heavy atom. The molecule has 0 saturated heterocycles. The van der Waals surface area contributed by atoms with Gasteiger partial charge in [0.1, 0.15) is 0 Å². The summed E-state index contributed by atoms with van der Waals surface area (Å²) >= 11 is 1.66. The highest BCUT2D eigenvalue weighted by Gasteiger charge is 2.13. The van der Waals surface area contributed by atoms with Crippen LogP contribution in [0.1, 0.15) is 0 Å². The lowest BCUT2D eigenvalue weighted by atomic mass is 10.1. The second-order valence-electron chi connectivity index (χ2n) is 5.50. The Morgan fingerprint density at radius 2 is 2.08 bits per heavy atom. The predicted molar refractivity (Wildman–Crippen MR) is 99.0 cm³/mol. The smallest absolute Gasteiger partial charge is 0.161 e. The van der Waals surface area contributed by atoms with Crippen LogP contribution in [0.3, 0.4) is 0 Å². The van der Waals surface area contributed by atoms with Crippen molar-refractivity contribution in [1.82, 2.24) is 14.6 Å². The van der Waals surface area contributed by atoms with Crippen molar-refractivity contribution in [3.8, 4) is 22.8 Å². The fourth-order valence-electron chi connectivity index (χ4n) is 2.65. The van der Waals surface area contributed by atoms with E-state index in [2.05, 4.69) is 11.1 Å². The Bertz CT molecular complexity index is 1030. The lowest BCUT2D eigenvalue weighted by Crippen LogP contribution is -2.11. The van der Waals surface area contributed by atoms with Crippen LogP contribution in [0, 0.1) is 0 Å². The Hall–Kier alpha value is -3.06. The van der Waals surface area contributed by atoms with Gasteiger partial charge < -0.3 is 14.7 Å². The van der Waals surface area contributed by atoms with Crippen molar-refractivity contribution in [2.45, 2.75) is 0 Å². The molecule has 25 heavy (non-hydrogen) atoms. The van der Waals surface area contributed by atoms with Crippen LogP contribution in [-0.2, 0) is 0 Å². The standard InChI is InChI=1S/C18H16N4O2S/c1-21(18-4-3-9-25-18)17-8-7-16-19-11-13(22(16)20-17)12-5-6-14(23)15(10-12)24-2/h3-11,23H,1-2H3. The molecule has 7 heteroatoms. The van der Waals surface area contributed by atoms with Crippen molar-refractivity contribution in [2.24, 2.45) is 0 Å². The largest absolute Gasteiger partial charge is 0.504 e. The summed E-state index contributed by atoms with van der Waals surface area (Å²) in [7, 11) is 3.51. The minimum absolute atomic E-state index is 0.103. The summed E-state index contributed by atoms with van der Waals surface area (Å²) in [6, 6.07) is 13.2. The van der Waals surface area contributed by atoms with Gasteiger partial charge in [-0.1, -0.05) is 0 Å². The maximum Gasteiger partial charge on any atom is 0.161 e. The van der Waals surface area contributed by atoms with Crippen LogP contribution >= 0.6 is 11.3 Å². The molecule has 3 aromatic heterocycles. The fraction of sp³-hybridized carbons (Fsp3) is 0.111. The second-order valence-corrected chi connectivity index (χ2v) is 6.43. The lowest BCUT2D eigenvalue weighted by molar-refractivity contribution is 0.373. The van der Waals surface area contributed by atoms with E-state index in [0.717, 1.165) is 27.7 Å². The minimum Gasteiger partial charge on any atom is -0.504 e. The first-order valence-electron chi connectivity index (χ1n) is 7.67. The molecule has 0 amide bonds. The number of benzene rings is 1. The highest BCUT2D eigenvalue weighted by Crippen LogP contribution is 2.32. The molecule has 1 aromatic carbocycles. The monoisotopic (exact) mass is 352 g/mol. The topological polar surface area (TPSA) is 62.9 Å². The summed E-state index contributed by atoms with van der Waals surface area (Å²) in [5.41, 5.74) is 2.45. The van der Waals surface area contributed by atoms with E-state index < -0.39 is 0 Å². The summed E-state index contributed by atoms with van der Waals surface area (Å²) < 4.78 is 7.00. The van der Waals surface area contributed by atoms with Gasteiger partial charge in [-0.3, -0.25) is 0 Å². The normalized spacial score (nSPS) is 11.0. The number of methoxy groups -OCH3 is 1. The van der Waals surface area contributed by atoms with E-state index in [1.54, 1.807) is 34.2 Å². The molecule has 0 fully saturated rings. The Balaban J connectivity index is 1.82. The van der Waals surface area contributed by atoms with Gasteiger partial charge in [0, 0.05) is 12.6 Å². The Kier molecular flexibility index (Phi) is 3.77. The predicted octanol–water partition coefficient (Wildman–Crippen LogP) is 3.94. The quantitative estimate of drug-likeness (QED) is 0.603. The van der Waals surface area contributed by atoms with Crippen molar-refractivity contribution in [2.75, 3.05) is 19.1 Å². The molecule has 3 heterocycles. The van der Waals surface area contributed by atoms with Crippen molar-refractivity contribution >= 4 is 27.8 Å².